The average Bonchev–Trinajstić information content (AvgIpc) is 2.29. The first-order chi connectivity index (χ1) is 8.13. The summed E-state index contributed by atoms with van der Waals surface area (Å²) in [7, 11) is 0. The quantitative estimate of drug-likeness (QED) is 0.816. The zero-order valence-corrected chi connectivity index (χ0v) is 12.0. The van der Waals surface area contributed by atoms with Crippen LogP contribution in [0.3, 0.4) is 0 Å². The van der Waals surface area contributed by atoms with E-state index in [-0.39, 0.29) is 11.9 Å². The molecule has 1 aromatic rings. The van der Waals surface area contributed by atoms with E-state index in [2.05, 4.69) is 33.2 Å². The molecule has 1 amide bonds. The van der Waals surface area contributed by atoms with Gasteiger partial charge in [-0.2, -0.15) is 0 Å². The number of halogens is 1. The fourth-order valence-electron chi connectivity index (χ4n) is 1.62. The lowest BCUT2D eigenvalue weighted by Crippen LogP contribution is -2.32. The summed E-state index contributed by atoms with van der Waals surface area (Å²) >= 11 is 3.31. The van der Waals surface area contributed by atoms with Crippen molar-refractivity contribution < 1.29 is 4.79 Å². The highest BCUT2D eigenvalue weighted by Gasteiger charge is 2.09. The Balaban J connectivity index is 2.43. The number of hydrogen-bond acceptors (Lipinski definition) is 2. The molecule has 0 radical (unpaired) electrons. The first kappa shape index (κ1) is 14.2. The molecule has 0 aliphatic rings. The minimum Gasteiger partial charge on any atom is -0.350 e. The molecule has 0 aliphatic carbocycles. The van der Waals surface area contributed by atoms with Crippen LogP contribution in [0.4, 0.5) is 0 Å². The molecule has 0 bridgehead atoms. The predicted octanol–water partition coefficient (Wildman–Crippen LogP) is 3.54. The number of amides is 1. The molecule has 1 unspecified atom stereocenters. The molecule has 1 atom stereocenters. The first-order valence-corrected chi connectivity index (χ1v) is 6.84. The second-order valence-electron chi connectivity index (χ2n) is 4.26. The maximum atomic E-state index is 11.9. The molecule has 1 rings (SSSR count). The number of aromatic nitrogens is 1. The van der Waals surface area contributed by atoms with Gasteiger partial charge >= 0.3 is 0 Å². The Morgan fingerprint density at radius 2 is 2.24 bits per heavy atom. The van der Waals surface area contributed by atoms with Gasteiger partial charge in [0.1, 0.15) is 0 Å². The van der Waals surface area contributed by atoms with Crippen molar-refractivity contribution in [3.63, 3.8) is 0 Å². The van der Waals surface area contributed by atoms with E-state index in [1.54, 1.807) is 18.5 Å². The topological polar surface area (TPSA) is 42.0 Å². The third-order valence-electron chi connectivity index (χ3n) is 2.59. The number of carbonyl (C=O) groups excluding carboxylic acids is 1. The van der Waals surface area contributed by atoms with Crippen molar-refractivity contribution in [3.05, 3.63) is 28.5 Å². The van der Waals surface area contributed by atoms with E-state index in [1.807, 2.05) is 6.92 Å². The lowest BCUT2D eigenvalue weighted by Gasteiger charge is -2.13. The van der Waals surface area contributed by atoms with Gasteiger partial charge in [-0.1, -0.05) is 26.2 Å². The van der Waals surface area contributed by atoms with E-state index >= 15 is 0 Å². The van der Waals surface area contributed by atoms with Gasteiger partial charge in [0, 0.05) is 22.9 Å². The number of pyridine rings is 1. The van der Waals surface area contributed by atoms with Gasteiger partial charge in [-0.25, -0.2) is 0 Å². The third-order valence-corrected chi connectivity index (χ3v) is 3.02. The summed E-state index contributed by atoms with van der Waals surface area (Å²) in [5.74, 6) is -0.0530. The van der Waals surface area contributed by atoms with Crippen LogP contribution in [-0.2, 0) is 0 Å². The third kappa shape index (κ3) is 5.31. The molecule has 0 saturated carbocycles. The number of nitrogens with zero attached hydrogens (tertiary/aromatic N) is 1. The second kappa shape index (κ2) is 7.43. The standard InChI is InChI=1S/C13H19BrN2O/c1-3-4-5-6-10(2)16-13(17)11-7-12(14)9-15-8-11/h7-10H,3-6H2,1-2H3,(H,16,17). The van der Waals surface area contributed by atoms with E-state index in [0.29, 0.717) is 5.56 Å². The molecule has 0 saturated heterocycles. The van der Waals surface area contributed by atoms with Crippen molar-refractivity contribution in [1.82, 2.24) is 10.3 Å². The molecule has 94 valence electrons. The molecule has 3 nitrogen and oxygen atoms in total. The maximum Gasteiger partial charge on any atom is 0.253 e. The van der Waals surface area contributed by atoms with E-state index in [1.165, 1.54) is 12.8 Å². The number of carbonyl (C=O) groups is 1. The van der Waals surface area contributed by atoms with E-state index < -0.39 is 0 Å². The first-order valence-electron chi connectivity index (χ1n) is 6.05. The molecule has 0 aromatic carbocycles. The SMILES string of the molecule is CCCCCC(C)NC(=O)c1cncc(Br)c1. The zero-order chi connectivity index (χ0) is 12.7. The van der Waals surface area contributed by atoms with Crippen LogP contribution in [0.2, 0.25) is 0 Å². The number of nitrogens with one attached hydrogen (secondary N) is 1. The van der Waals surface area contributed by atoms with Crippen molar-refractivity contribution in [3.8, 4) is 0 Å². The molecular weight excluding hydrogens is 280 g/mol. The number of unbranched alkanes of at least 4 members (excludes halogenated alkanes) is 2. The Hall–Kier alpha value is -0.900. The van der Waals surface area contributed by atoms with Crippen LogP contribution in [0.15, 0.2) is 22.9 Å². The fraction of sp³-hybridized carbons (Fsp3) is 0.538. The van der Waals surface area contributed by atoms with E-state index in [9.17, 15) is 4.79 Å². The molecule has 0 fully saturated rings. The minimum atomic E-state index is -0.0530. The van der Waals surface area contributed by atoms with Gasteiger partial charge in [0.15, 0.2) is 0 Å². The molecule has 1 aromatic heterocycles. The van der Waals surface area contributed by atoms with Crippen LogP contribution < -0.4 is 5.32 Å². The highest BCUT2D eigenvalue weighted by atomic mass is 79.9. The average molecular weight is 299 g/mol. The summed E-state index contributed by atoms with van der Waals surface area (Å²) in [6, 6.07) is 1.99. The summed E-state index contributed by atoms with van der Waals surface area (Å²) < 4.78 is 0.823. The highest BCUT2D eigenvalue weighted by Crippen LogP contribution is 2.10. The highest BCUT2D eigenvalue weighted by molar-refractivity contribution is 9.10. The van der Waals surface area contributed by atoms with Crippen LogP contribution in [0.25, 0.3) is 0 Å². The molecule has 0 spiro atoms. The molecule has 17 heavy (non-hydrogen) atoms. The molecule has 4 heteroatoms. The van der Waals surface area contributed by atoms with Crippen molar-refractivity contribution >= 4 is 21.8 Å². The maximum absolute atomic E-state index is 11.9. The minimum absolute atomic E-state index is 0.0530. The lowest BCUT2D eigenvalue weighted by atomic mass is 10.1. The summed E-state index contributed by atoms with van der Waals surface area (Å²) in [6.07, 6.45) is 7.87. The van der Waals surface area contributed by atoms with E-state index in [4.69, 9.17) is 0 Å². The van der Waals surface area contributed by atoms with Gasteiger partial charge < -0.3 is 5.32 Å². The second-order valence-corrected chi connectivity index (χ2v) is 5.18. The van der Waals surface area contributed by atoms with E-state index in [0.717, 1.165) is 17.3 Å². The molecule has 1 N–H and O–H groups in total. The molecular formula is C13H19BrN2O. The predicted molar refractivity (Wildman–Crippen MR) is 73.0 cm³/mol. The smallest absolute Gasteiger partial charge is 0.253 e. The van der Waals surface area contributed by atoms with Gasteiger partial charge in [0.25, 0.3) is 5.91 Å². The van der Waals surface area contributed by atoms with Gasteiger partial charge in [-0.15, -0.1) is 0 Å². The summed E-state index contributed by atoms with van der Waals surface area (Å²) in [4.78, 5) is 15.8. The van der Waals surface area contributed by atoms with Gasteiger partial charge in [-0.05, 0) is 35.3 Å². The van der Waals surface area contributed by atoms with Crippen molar-refractivity contribution in [2.75, 3.05) is 0 Å². The Bertz CT molecular complexity index is 368. The van der Waals surface area contributed by atoms with Gasteiger partial charge in [-0.3, -0.25) is 9.78 Å². The molecule has 1 heterocycles. The normalized spacial score (nSPS) is 12.2. The largest absolute Gasteiger partial charge is 0.350 e. The van der Waals surface area contributed by atoms with Gasteiger partial charge in [0.2, 0.25) is 0 Å². The summed E-state index contributed by atoms with van der Waals surface area (Å²) in [5, 5.41) is 2.98. The summed E-state index contributed by atoms with van der Waals surface area (Å²) in [5.41, 5.74) is 0.599. The Labute approximate surface area is 111 Å². The Kier molecular flexibility index (Phi) is 6.19. The Morgan fingerprint density at radius 3 is 2.88 bits per heavy atom. The zero-order valence-electron chi connectivity index (χ0n) is 10.4. The van der Waals surface area contributed by atoms with Crippen molar-refractivity contribution in [2.45, 2.75) is 45.6 Å². The Morgan fingerprint density at radius 1 is 1.47 bits per heavy atom. The van der Waals surface area contributed by atoms with Crippen molar-refractivity contribution in [1.29, 1.82) is 0 Å². The van der Waals surface area contributed by atoms with Crippen LogP contribution >= 0.6 is 15.9 Å². The number of hydrogen-bond donors (Lipinski definition) is 1. The fourth-order valence-corrected chi connectivity index (χ4v) is 1.98. The van der Waals surface area contributed by atoms with Crippen LogP contribution in [0.1, 0.15) is 49.9 Å². The molecule has 0 aliphatic heterocycles. The van der Waals surface area contributed by atoms with Gasteiger partial charge in [0.05, 0.1) is 5.56 Å². The number of rotatable bonds is 6. The van der Waals surface area contributed by atoms with Crippen LogP contribution in [0.5, 0.6) is 0 Å². The van der Waals surface area contributed by atoms with Crippen molar-refractivity contribution in [2.24, 2.45) is 0 Å². The van der Waals surface area contributed by atoms with Crippen LogP contribution in [0, 0.1) is 0 Å². The van der Waals surface area contributed by atoms with Crippen LogP contribution in [-0.4, -0.2) is 16.9 Å². The summed E-state index contributed by atoms with van der Waals surface area (Å²) in [6.45, 7) is 4.22. The monoisotopic (exact) mass is 298 g/mol. The lowest BCUT2D eigenvalue weighted by molar-refractivity contribution is 0.0937.